The molecule has 2 fully saturated rings. The van der Waals surface area contributed by atoms with E-state index in [4.69, 9.17) is 14.7 Å². The van der Waals surface area contributed by atoms with Crippen LogP contribution in [0.15, 0.2) is 36.4 Å². The number of hydrogen-bond donors (Lipinski definition) is 3. The number of ether oxygens (including phenoxy) is 1. The van der Waals surface area contributed by atoms with Crippen LogP contribution in [-0.4, -0.2) is 59.3 Å². The van der Waals surface area contributed by atoms with Crippen LogP contribution < -0.4 is 25.8 Å². The van der Waals surface area contributed by atoms with E-state index in [0.717, 1.165) is 35.4 Å². The maximum absolute atomic E-state index is 15.2. The van der Waals surface area contributed by atoms with Gasteiger partial charge in [-0.25, -0.2) is 28.3 Å². The second-order valence-corrected chi connectivity index (χ2v) is 13.3. The largest absolute Gasteiger partial charge is 0.444 e. The van der Waals surface area contributed by atoms with E-state index in [-0.39, 0.29) is 30.3 Å². The van der Waals surface area contributed by atoms with Gasteiger partial charge in [-0.1, -0.05) is 26.0 Å². The van der Waals surface area contributed by atoms with Crippen LogP contribution in [0.2, 0.25) is 0 Å². The first-order valence-electron chi connectivity index (χ1n) is 16.9. The molecule has 3 N–H and O–H groups in total. The quantitative estimate of drug-likeness (QED) is 0.252. The number of para-hydroxylation sites is 1. The highest BCUT2D eigenvalue weighted by atomic mass is 19.1. The van der Waals surface area contributed by atoms with Crippen LogP contribution in [-0.2, 0) is 11.3 Å². The van der Waals surface area contributed by atoms with Gasteiger partial charge in [-0.05, 0) is 89.1 Å². The zero-order valence-electron chi connectivity index (χ0n) is 29.0. The van der Waals surface area contributed by atoms with Crippen molar-refractivity contribution in [2.45, 2.75) is 85.4 Å². The summed E-state index contributed by atoms with van der Waals surface area (Å²) < 4.78 is 35.7. The lowest BCUT2D eigenvalue weighted by Crippen LogP contribution is -2.47. The predicted octanol–water partition coefficient (Wildman–Crippen LogP) is 6.75. The maximum atomic E-state index is 15.2. The standard InChI is InChI=1S/C34H39F2N7O4.C2H6/c1-19-8-11-21(30(44)37-17-20-9-10-20)16-23(19)27-24-18-38-32(45)43(28-25(35)6-5-7-26(28)36)29(24)41-31(40-27)42-14-12-22(13-15-42)39-33(46)47-34(2,3)4;1-2/h5-8,11,16,20,22H,9-10,12-15,17-18H2,1-4H3,(H,37,44)(H,38,45)(H,39,46);1-2H3. The first kappa shape index (κ1) is 35.5. The van der Waals surface area contributed by atoms with Crippen molar-refractivity contribution in [3.8, 4) is 11.3 Å². The van der Waals surface area contributed by atoms with Crippen molar-refractivity contribution in [1.29, 1.82) is 0 Å². The van der Waals surface area contributed by atoms with Gasteiger partial charge < -0.3 is 25.6 Å². The molecule has 0 bridgehead atoms. The van der Waals surface area contributed by atoms with E-state index < -0.39 is 35.0 Å². The van der Waals surface area contributed by atoms with Crippen LogP contribution in [0.4, 0.5) is 35.8 Å². The van der Waals surface area contributed by atoms with Crippen LogP contribution in [0, 0.1) is 24.5 Å². The lowest BCUT2D eigenvalue weighted by atomic mass is 9.97. The van der Waals surface area contributed by atoms with E-state index in [9.17, 15) is 14.4 Å². The smallest absolute Gasteiger partial charge is 0.407 e. The molecule has 3 aromatic rings. The number of carbonyl (C=O) groups is 3. The summed E-state index contributed by atoms with van der Waals surface area (Å²) in [6.45, 7) is 12.8. The first-order chi connectivity index (χ1) is 23.4. The monoisotopic (exact) mass is 677 g/mol. The van der Waals surface area contributed by atoms with Crippen molar-refractivity contribution in [2.75, 3.05) is 29.4 Å². The molecule has 0 radical (unpaired) electrons. The molecule has 1 aromatic heterocycles. The van der Waals surface area contributed by atoms with Gasteiger partial charge in [0.05, 0.1) is 12.2 Å². The molecule has 3 aliphatic rings. The summed E-state index contributed by atoms with van der Waals surface area (Å²) in [5.41, 5.74) is 1.62. The Bertz CT molecular complexity index is 1700. The molecule has 6 rings (SSSR count). The SMILES string of the molecule is CC.Cc1ccc(C(=O)NCC2CC2)cc1-c1nc(N2CCC(NC(=O)OC(C)(C)C)CC2)nc2c1CNC(=O)N2c1c(F)cccc1F. The summed E-state index contributed by atoms with van der Waals surface area (Å²) in [7, 11) is 0. The van der Waals surface area contributed by atoms with Crippen LogP contribution in [0.1, 0.15) is 81.8 Å². The van der Waals surface area contributed by atoms with Crippen LogP contribution in [0.5, 0.6) is 0 Å². The van der Waals surface area contributed by atoms with Crippen LogP contribution >= 0.6 is 0 Å². The van der Waals surface area contributed by atoms with Crippen molar-refractivity contribution in [3.63, 3.8) is 0 Å². The van der Waals surface area contributed by atoms with Crippen molar-refractivity contribution >= 4 is 35.5 Å². The third kappa shape index (κ3) is 8.26. The molecule has 1 saturated carbocycles. The Kier molecular flexibility index (Phi) is 10.7. The number of nitrogens with zero attached hydrogens (tertiary/aromatic N) is 4. The van der Waals surface area contributed by atoms with E-state index >= 15 is 8.78 Å². The number of carbonyl (C=O) groups excluding carboxylic acids is 3. The molecule has 3 heterocycles. The van der Waals surface area contributed by atoms with Gasteiger partial charge in [-0.3, -0.25) is 4.79 Å². The Labute approximate surface area is 285 Å². The molecule has 1 saturated heterocycles. The highest BCUT2D eigenvalue weighted by molar-refractivity contribution is 6.02. The van der Waals surface area contributed by atoms with Gasteiger partial charge in [0.25, 0.3) is 5.91 Å². The minimum Gasteiger partial charge on any atom is -0.444 e. The topological polar surface area (TPSA) is 129 Å². The van der Waals surface area contributed by atoms with Crippen molar-refractivity contribution < 1.29 is 27.9 Å². The highest BCUT2D eigenvalue weighted by Crippen LogP contribution is 2.40. The number of urea groups is 1. The lowest BCUT2D eigenvalue weighted by molar-refractivity contribution is 0.0497. The number of aromatic nitrogens is 2. The average Bonchev–Trinajstić information content (AvgIpc) is 3.89. The number of fused-ring (bicyclic) bond motifs is 1. The molecule has 4 amide bonds. The predicted molar refractivity (Wildman–Crippen MR) is 184 cm³/mol. The second kappa shape index (κ2) is 14.8. The van der Waals surface area contributed by atoms with E-state index in [0.29, 0.717) is 60.8 Å². The number of aryl methyl sites for hydroxylation is 1. The summed E-state index contributed by atoms with van der Waals surface area (Å²) in [5, 5.41) is 8.63. The van der Waals surface area contributed by atoms with Crippen molar-refractivity contribution in [2.24, 2.45) is 5.92 Å². The number of hydrogen-bond acceptors (Lipinski definition) is 7. The molecule has 11 nitrogen and oxygen atoms in total. The third-order valence-corrected chi connectivity index (χ3v) is 8.47. The zero-order valence-corrected chi connectivity index (χ0v) is 29.0. The Morgan fingerprint density at radius 1 is 1.02 bits per heavy atom. The van der Waals surface area contributed by atoms with Gasteiger partial charge in [-0.2, -0.15) is 4.98 Å². The molecule has 0 unspecified atom stereocenters. The second-order valence-electron chi connectivity index (χ2n) is 13.3. The first-order valence-corrected chi connectivity index (χ1v) is 16.9. The van der Waals surface area contributed by atoms with Gasteiger partial charge in [0.15, 0.2) is 5.82 Å². The minimum atomic E-state index is -0.922. The van der Waals surface area contributed by atoms with Gasteiger partial charge >= 0.3 is 12.1 Å². The Balaban J connectivity index is 0.00000230. The molecule has 49 heavy (non-hydrogen) atoms. The fourth-order valence-electron chi connectivity index (χ4n) is 5.80. The fraction of sp³-hybridized carbons (Fsp3) is 0.472. The van der Waals surface area contributed by atoms with E-state index in [1.165, 1.54) is 6.07 Å². The molecular formula is C36H45F2N7O4. The van der Waals surface area contributed by atoms with Gasteiger partial charge in [0.1, 0.15) is 22.9 Å². The van der Waals surface area contributed by atoms with Gasteiger partial charge in [0, 0.05) is 42.4 Å². The Hall–Kier alpha value is -4.81. The zero-order chi connectivity index (χ0) is 35.5. The Morgan fingerprint density at radius 2 is 1.69 bits per heavy atom. The molecule has 2 aromatic carbocycles. The van der Waals surface area contributed by atoms with E-state index in [1.807, 2.05) is 31.7 Å². The normalized spacial score (nSPS) is 16.2. The molecule has 262 valence electrons. The third-order valence-electron chi connectivity index (χ3n) is 8.47. The number of amides is 4. The molecule has 0 atom stereocenters. The molecule has 13 heteroatoms. The van der Waals surface area contributed by atoms with Crippen molar-refractivity contribution in [1.82, 2.24) is 25.9 Å². The number of anilines is 3. The maximum Gasteiger partial charge on any atom is 0.407 e. The summed E-state index contributed by atoms with van der Waals surface area (Å²) in [4.78, 5) is 51.3. The number of benzene rings is 2. The number of rotatable bonds is 7. The number of alkyl carbamates (subject to hydrolysis) is 1. The van der Waals surface area contributed by atoms with Crippen LogP contribution in [0.25, 0.3) is 11.3 Å². The van der Waals surface area contributed by atoms with Crippen LogP contribution in [0.3, 0.4) is 0 Å². The summed E-state index contributed by atoms with van der Waals surface area (Å²) in [5.74, 6) is -1.23. The molecular weight excluding hydrogens is 632 g/mol. The number of halogens is 2. The number of piperidine rings is 1. The Morgan fingerprint density at radius 3 is 2.33 bits per heavy atom. The summed E-state index contributed by atoms with van der Waals surface area (Å²) in [6, 6.07) is 7.86. The molecule has 0 spiro atoms. The van der Waals surface area contributed by atoms with Gasteiger partial charge in [0.2, 0.25) is 5.95 Å². The number of nitrogens with one attached hydrogen (secondary N) is 3. The van der Waals surface area contributed by atoms with E-state index in [2.05, 4.69) is 16.0 Å². The van der Waals surface area contributed by atoms with E-state index in [1.54, 1.807) is 32.9 Å². The summed E-state index contributed by atoms with van der Waals surface area (Å²) >= 11 is 0. The minimum absolute atomic E-state index is 0.00970. The average molecular weight is 678 g/mol. The van der Waals surface area contributed by atoms with Crippen molar-refractivity contribution in [3.05, 3.63) is 64.7 Å². The summed E-state index contributed by atoms with van der Waals surface area (Å²) in [6.07, 6.45) is 2.85. The fourth-order valence-corrected chi connectivity index (χ4v) is 5.80. The van der Waals surface area contributed by atoms with Gasteiger partial charge in [-0.15, -0.1) is 0 Å². The molecule has 2 aliphatic heterocycles. The lowest BCUT2D eigenvalue weighted by Gasteiger charge is -2.35. The molecule has 1 aliphatic carbocycles. The highest BCUT2D eigenvalue weighted by Gasteiger charge is 2.36.